The van der Waals surface area contributed by atoms with Crippen LogP contribution in [0.4, 0.5) is 0 Å². The van der Waals surface area contributed by atoms with E-state index in [4.69, 9.17) is 4.74 Å². The molecule has 0 spiro atoms. The fourth-order valence-corrected chi connectivity index (χ4v) is 2.68. The van der Waals surface area contributed by atoms with Crippen molar-refractivity contribution >= 4 is 29.2 Å². The number of ether oxygens (including phenoxy) is 1. The Bertz CT molecular complexity index is 758. The first-order chi connectivity index (χ1) is 11.2. The number of rotatable bonds is 4. The Morgan fingerprint density at radius 3 is 2.92 bits per heavy atom. The third-order valence-electron chi connectivity index (χ3n) is 3.92. The number of fused-ring (bicyclic) bond motifs is 1. The lowest BCUT2D eigenvalue weighted by Crippen LogP contribution is -2.52. The van der Waals surface area contributed by atoms with Crippen molar-refractivity contribution in [2.24, 2.45) is 0 Å². The number of aromatic nitrogens is 2. The molecule has 2 N–H and O–H groups in total. The van der Waals surface area contributed by atoms with Gasteiger partial charge in [-0.1, -0.05) is 12.1 Å². The van der Waals surface area contributed by atoms with Gasteiger partial charge >= 0.3 is 0 Å². The van der Waals surface area contributed by atoms with E-state index in [0.29, 0.717) is 43.0 Å². The first-order valence-electron chi connectivity index (χ1n) is 7.77. The summed E-state index contributed by atoms with van der Waals surface area (Å²) in [6.45, 7) is 4.37. The second kappa shape index (κ2) is 8.23. The first kappa shape index (κ1) is 18.4. The van der Waals surface area contributed by atoms with Crippen molar-refractivity contribution < 1.29 is 9.53 Å². The number of para-hydroxylation sites is 1. The summed E-state index contributed by atoms with van der Waals surface area (Å²) in [5.74, 6) is 0.448. The number of H-pyrrole nitrogens is 1. The standard InChI is InChI=1S/C16H20N4O3.ClH/c1-2-20(16(22)13-10-23-8-7-17-13)9-14-18-12-6-4-3-5-11(12)15(21)19-14;/h3-6,13,17H,2,7-10H2,1H3,(H,18,19,21);1H. The number of hydrogen-bond donors (Lipinski definition) is 2. The van der Waals surface area contributed by atoms with Gasteiger partial charge in [-0.15, -0.1) is 12.4 Å². The summed E-state index contributed by atoms with van der Waals surface area (Å²) in [7, 11) is 0. The van der Waals surface area contributed by atoms with Crippen molar-refractivity contribution in [1.29, 1.82) is 0 Å². The average molecular weight is 353 g/mol. The molecule has 1 aliphatic heterocycles. The van der Waals surface area contributed by atoms with Crippen LogP contribution in [0, 0.1) is 0 Å². The van der Waals surface area contributed by atoms with Crippen LogP contribution in [0.2, 0.25) is 0 Å². The minimum absolute atomic E-state index is 0. The summed E-state index contributed by atoms with van der Waals surface area (Å²) in [6, 6.07) is 6.83. The van der Waals surface area contributed by atoms with E-state index in [1.807, 2.05) is 13.0 Å². The van der Waals surface area contributed by atoms with Gasteiger partial charge in [0.15, 0.2) is 0 Å². The molecule has 0 bridgehead atoms. The van der Waals surface area contributed by atoms with E-state index in [0.717, 1.165) is 0 Å². The SMILES string of the molecule is CCN(Cc1nc2ccccc2c(=O)[nH]1)C(=O)C1COCCN1.Cl. The quantitative estimate of drug-likeness (QED) is 0.845. The Morgan fingerprint density at radius 2 is 2.21 bits per heavy atom. The Hall–Kier alpha value is -1.96. The molecular formula is C16H21ClN4O3. The highest BCUT2D eigenvalue weighted by Crippen LogP contribution is 2.08. The van der Waals surface area contributed by atoms with Crippen molar-refractivity contribution in [3.8, 4) is 0 Å². The Labute approximate surface area is 145 Å². The highest BCUT2D eigenvalue weighted by molar-refractivity contribution is 5.85. The van der Waals surface area contributed by atoms with Crippen molar-refractivity contribution in [1.82, 2.24) is 20.2 Å². The molecule has 130 valence electrons. The minimum atomic E-state index is -0.337. The summed E-state index contributed by atoms with van der Waals surface area (Å²) in [6.07, 6.45) is 0. The van der Waals surface area contributed by atoms with Crippen LogP contribution in [0.1, 0.15) is 12.7 Å². The molecule has 0 aliphatic carbocycles. The molecule has 0 radical (unpaired) electrons. The number of nitrogens with zero attached hydrogens (tertiary/aromatic N) is 2. The Balaban J connectivity index is 0.00000208. The van der Waals surface area contributed by atoms with Crippen LogP contribution in [-0.4, -0.2) is 53.1 Å². The van der Waals surface area contributed by atoms with Gasteiger partial charge in [-0.25, -0.2) is 4.98 Å². The van der Waals surface area contributed by atoms with Gasteiger partial charge in [0.25, 0.3) is 5.56 Å². The molecular weight excluding hydrogens is 332 g/mol. The van der Waals surface area contributed by atoms with Gasteiger partial charge in [-0.3, -0.25) is 9.59 Å². The van der Waals surface area contributed by atoms with Gasteiger partial charge < -0.3 is 19.9 Å². The maximum Gasteiger partial charge on any atom is 0.258 e. The van der Waals surface area contributed by atoms with Crippen LogP contribution in [0.25, 0.3) is 10.9 Å². The molecule has 1 unspecified atom stereocenters. The summed E-state index contributed by atoms with van der Waals surface area (Å²) in [5.41, 5.74) is 0.446. The van der Waals surface area contributed by atoms with E-state index in [-0.39, 0.29) is 36.5 Å². The number of carbonyl (C=O) groups excluding carboxylic acids is 1. The molecule has 2 heterocycles. The van der Waals surface area contributed by atoms with Gasteiger partial charge in [-0.05, 0) is 19.1 Å². The molecule has 1 aliphatic rings. The fraction of sp³-hybridized carbons (Fsp3) is 0.438. The molecule has 24 heavy (non-hydrogen) atoms. The molecule has 0 saturated carbocycles. The van der Waals surface area contributed by atoms with Crippen molar-refractivity contribution in [3.63, 3.8) is 0 Å². The van der Waals surface area contributed by atoms with E-state index < -0.39 is 0 Å². The van der Waals surface area contributed by atoms with E-state index in [1.165, 1.54) is 0 Å². The van der Waals surface area contributed by atoms with Gasteiger partial charge in [-0.2, -0.15) is 0 Å². The molecule has 1 aromatic carbocycles. The fourth-order valence-electron chi connectivity index (χ4n) is 2.68. The zero-order chi connectivity index (χ0) is 16.2. The zero-order valence-electron chi connectivity index (χ0n) is 13.4. The number of amides is 1. The van der Waals surface area contributed by atoms with Crippen LogP contribution >= 0.6 is 12.4 Å². The summed E-state index contributed by atoms with van der Waals surface area (Å²) >= 11 is 0. The molecule has 7 nitrogen and oxygen atoms in total. The first-order valence-corrected chi connectivity index (χ1v) is 7.77. The molecule has 1 fully saturated rings. The zero-order valence-corrected chi connectivity index (χ0v) is 14.3. The lowest BCUT2D eigenvalue weighted by Gasteiger charge is -2.29. The van der Waals surface area contributed by atoms with Gasteiger partial charge in [0.1, 0.15) is 11.9 Å². The number of likely N-dealkylation sites (N-methyl/N-ethyl adjacent to an activating group) is 1. The van der Waals surface area contributed by atoms with Crippen LogP contribution in [0.15, 0.2) is 29.1 Å². The topological polar surface area (TPSA) is 87.3 Å². The maximum atomic E-state index is 12.5. The van der Waals surface area contributed by atoms with E-state index in [1.54, 1.807) is 23.1 Å². The highest BCUT2D eigenvalue weighted by Gasteiger charge is 2.26. The molecule has 1 atom stereocenters. The summed E-state index contributed by atoms with van der Waals surface area (Å²) in [5, 5.41) is 3.70. The van der Waals surface area contributed by atoms with Gasteiger partial charge in [0.05, 0.1) is 30.7 Å². The number of halogens is 1. The predicted octanol–water partition coefficient (Wildman–Crippen LogP) is 0.682. The van der Waals surface area contributed by atoms with Crippen LogP contribution in [0.5, 0.6) is 0 Å². The Morgan fingerprint density at radius 1 is 1.42 bits per heavy atom. The predicted molar refractivity (Wildman–Crippen MR) is 93.3 cm³/mol. The molecule has 1 saturated heterocycles. The van der Waals surface area contributed by atoms with Crippen molar-refractivity contribution in [2.75, 3.05) is 26.3 Å². The second-order valence-corrected chi connectivity index (χ2v) is 5.46. The third kappa shape index (κ3) is 3.92. The number of aromatic amines is 1. The van der Waals surface area contributed by atoms with E-state index >= 15 is 0 Å². The van der Waals surface area contributed by atoms with Gasteiger partial charge in [0, 0.05) is 13.1 Å². The highest BCUT2D eigenvalue weighted by atomic mass is 35.5. The smallest absolute Gasteiger partial charge is 0.258 e. The molecule has 1 amide bonds. The second-order valence-electron chi connectivity index (χ2n) is 5.46. The number of benzene rings is 1. The number of carbonyl (C=O) groups is 1. The number of nitrogens with one attached hydrogen (secondary N) is 2. The van der Waals surface area contributed by atoms with E-state index in [2.05, 4.69) is 15.3 Å². The van der Waals surface area contributed by atoms with Crippen LogP contribution < -0.4 is 10.9 Å². The molecule has 1 aromatic heterocycles. The minimum Gasteiger partial charge on any atom is -0.378 e. The largest absolute Gasteiger partial charge is 0.378 e. The molecule has 3 rings (SSSR count). The van der Waals surface area contributed by atoms with Crippen LogP contribution in [0.3, 0.4) is 0 Å². The lowest BCUT2D eigenvalue weighted by molar-refractivity contribution is -0.136. The monoisotopic (exact) mass is 352 g/mol. The normalized spacial score (nSPS) is 17.3. The summed E-state index contributed by atoms with van der Waals surface area (Å²) < 4.78 is 5.34. The molecule has 2 aromatic rings. The number of hydrogen-bond acceptors (Lipinski definition) is 5. The van der Waals surface area contributed by atoms with E-state index in [9.17, 15) is 9.59 Å². The van der Waals surface area contributed by atoms with Gasteiger partial charge in [0.2, 0.25) is 5.91 Å². The van der Waals surface area contributed by atoms with Crippen LogP contribution in [-0.2, 0) is 16.1 Å². The summed E-state index contributed by atoms with van der Waals surface area (Å²) in [4.78, 5) is 33.5. The third-order valence-corrected chi connectivity index (χ3v) is 3.92. The lowest BCUT2D eigenvalue weighted by atomic mass is 10.2. The average Bonchev–Trinajstić information content (AvgIpc) is 2.60. The Kier molecular flexibility index (Phi) is 6.30. The van der Waals surface area contributed by atoms with Crippen molar-refractivity contribution in [2.45, 2.75) is 19.5 Å². The number of morpholine rings is 1. The van der Waals surface area contributed by atoms with Crippen molar-refractivity contribution in [3.05, 3.63) is 40.4 Å². The molecule has 8 heteroatoms. The maximum absolute atomic E-state index is 12.5.